The molecule has 0 amide bonds. The van der Waals surface area contributed by atoms with Crippen molar-refractivity contribution >= 4 is 11.8 Å². The van der Waals surface area contributed by atoms with Gasteiger partial charge in [0.15, 0.2) is 0 Å². The standard InChI is InChI=1S/C17H29NOS/c1-5-11-18-16(15-9-7-6-8-10-15)17(13(2)3)20-14(4)12-19/h6-10,13-14,16-19H,5,11-12H2,1-4H3. The molecule has 1 aromatic carbocycles. The van der Waals surface area contributed by atoms with Gasteiger partial charge in [0.1, 0.15) is 0 Å². The third-order valence-corrected chi connectivity index (χ3v) is 5.15. The third-order valence-electron chi connectivity index (χ3n) is 3.41. The zero-order valence-corrected chi connectivity index (χ0v) is 14.0. The molecule has 0 aliphatic heterocycles. The topological polar surface area (TPSA) is 32.3 Å². The van der Waals surface area contributed by atoms with Gasteiger partial charge >= 0.3 is 0 Å². The van der Waals surface area contributed by atoms with Gasteiger partial charge in [-0.2, -0.15) is 11.8 Å². The summed E-state index contributed by atoms with van der Waals surface area (Å²) in [6.45, 7) is 10.1. The van der Waals surface area contributed by atoms with Gasteiger partial charge in [-0.15, -0.1) is 0 Å². The Labute approximate surface area is 128 Å². The lowest BCUT2D eigenvalue weighted by molar-refractivity contribution is 0.299. The number of aliphatic hydroxyl groups excluding tert-OH is 1. The Bertz CT molecular complexity index is 355. The van der Waals surface area contributed by atoms with Crippen LogP contribution in [-0.4, -0.2) is 28.8 Å². The zero-order chi connectivity index (χ0) is 15.0. The van der Waals surface area contributed by atoms with Crippen molar-refractivity contribution in [3.8, 4) is 0 Å². The quantitative estimate of drug-likeness (QED) is 0.725. The van der Waals surface area contributed by atoms with Gasteiger partial charge in [-0.3, -0.25) is 0 Å². The van der Waals surface area contributed by atoms with Gasteiger partial charge in [0.05, 0.1) is 6.61 Å². The molecule has 3 unspecified atom stereocenters. The molecular weight excluding hydrogens is 266 g/mol. The van der Waals surface area contributed by atoms with E-state index in [1.165, 1.54) is 5.56 Å². The highest BCUT2D eigenvalue weighted by Crippen LogP contribution is 2.34. The predicted molar refractivity (Wildman–Crippen MR) is 90.2 cm³/mol. The first-order valence-corrected chi connectivity index (χ1v) is 8.59. The molecule has 0 saturated carbocycles. The summed E-state index contributed by atoms with van der Waals surface area (Å²) in [4.78, 5) is 0. The lowest BCUT2D eigenvalue weighted by Crippen LogP contribution is -2.35. The number of hydrogen-bond acceptors (Lipinski definition) is 3. The molecule has 0 radical (unpaired) electrons. The predicted octanol–water partition coefficient (Wildman–Crippen LogP) is 3.87. The Balaban J connectivity index is 2.92. The zero-order valence-electron chi connectivity index (χ0n) is 13.2. The largest absolute Gasteiger partial charge is 0.395 e. The Morgan fingerprint density at radius 2 is 1.80 bits per heavy atom. The van der Waals surface area contributed by atoms with Gasteiger partial charge < -0.3 is 10.4 Å². The maximum absolute atomic E-state index is 9.35. The number of thioether (sulfide) groups is 1. The average molecular weight is 295 g/mol. The van der Waals surface area contributed by atoms with Crippen LogP contribution in [-0.2, 0) is 0 Å². The first-order valence-electron chi connectivity index (χ1n) is 7.64. The van der Waals surface area contributed by atoms with E-state index in [0.717, 1.165) is 13.0 Å². The molecule has 0 aliphatic rings. The van der Waals surface area contributed by atoms with Crippen LogP contribution < -0.4 is 5.32 Å². The molecule has 0 saturated heterocycles. The average Bonchev–Trinajstić information content (AvgIpc) is 2.47. The van der Waals surface area contributed by atoms with E-state index in [9.17, 15) is 5.11 Å². The molecule has 3 heteroatoms. The first-order chi connectivity index (χ1) is 9.60. The maximum Gasteiger partial charge on any atom is 0.0547 e. The normalized spacial score (nSPS) is 16.1. The maximum atomic E-state index is 9.35. The third kappa shape index (κ3) is 5.47. The van der Waals surface area contributed by atoms with Crippen LogP contribution >= 0.6 is 11.8 Å². The number of nitrogens with one attached hydrogen (secondary N) is 1. The lowest BCUT2D eigenvalue weighted by atomic mass is 9.96. The second-order valence-corrected chi connectivity index (χ2v) is 7.30. The summed E-state index contributed by atoms with van der Waals surface area (Å²) in [7, 11) is 0. The van der Waals surface area contributed by atoms with Crippen molar-refractivity contribution in [2.24, 2.45) is 5.92 Å². The van der Waals surface area contributed by atoms with Crippen molar-refractivity contribution < 1.29 is 5.11 Å². The first kappa shape index (κ1) is 17.5. The smallest absolute Gasteiger partial charge is 0.0547 e. The molecule has 0 heterocycles. The fourth-order valence-electron chi connectivity index (χ4n) is 2.32. The van der Waals surface area contributed by atoms with Crippen molar-refractivity contribution in [3.63, 3.8) is 0 Å². The minimum atomic E-state index is 0.239. The summed E-state index contributed by atoms with van der Waals surface area (Å²) in [5.74, 6) is 0.559. The molecule has 1 rings (SSSR count). The van der Waals surface area contributed by atoms with Crippen molar-refractivity contribution in [2.75, 3.05) is 13.2 Å². The molecule has 20 heavy (non-hydrogen) atoms. The van der Waals surface area contributed by atoms with Crippen molar-refractivity contribution in [3.05, 3.63) is 35.9 Å². The second-order valence-electron chi connectivity index (χ2n) is 5.68. The molecule has 3 atom stereocenters. The molecule has 0 aromatic heterocycles. The number of hydrogen-bond donors (Lipinski definition) is 2. The Kier molecular flexibility index (Phi) is 8.27. The summed E-state index contributed by atoms with van der Waals surface area (Å²) < 4.78 is 0. The molecule has 0 bridgehead atoms. The highest BCUT2D eigenvalue weighted by Gasteiger charge is 2.27. The van der Waals surface area contributed by atoms with Crippen molar-refractivity contribution in [2.45, 2.75) is 50.7 Å². The monoisotopic (exact) mass is 295 g/mol. The van der Waals surface area contributed by atoms with Crippen LogP contribution in [0, 0.1) is 5.92 Å². The second kappa shape index (κ2) is 9.43. The van der Waals surface area contributed by atoms with Gasteiger partial charge in [-0.1, -0.05) is 58.0 Å². The van der Waals surface area contributed by atoms with Crippen LogP contribution in [0.1, 0.15) is 45.7 Å². The van der Waals surface area contributed by atoms with Crippen LogP contribution in [0.3, 0.4) is 0 Å². The lowest BCUT2D eigenvalue weighted by Gasteiger charge is -2.32. The molecule has 0 aliphatic carbocycles. The van der Waals surface area contributed by atoms with Crippen LogP contribution in [0.15, 0.2) is 30.3 Å². The summed E-state index contributed by atoms with van der Waals surface area (Å²) >= 11 is 1.89. The number of aliphatic hydroxyl groups is 1. The van der Waals surface area contributed by atoms with E-state index in [4.69, 9.17) is 0 Å². The van der Waals surface area contributed by atoms with Crippen LogP contribution in [0.4, 0.5) is 0 Å². The molecule has 114 valence electrons. The van der Waals surface area contributed by atoms with E-state index in [-0.39, 0.29) is 11.9 Å². The molecule has 0 spiro atoms. The van der Waals surface area contributed by atoms with Crippen molar-refractivity contribution in [1.82, 2.24) is 5.32 Å². The molecular formula is C17H29NOS. The molecule has 0 fully saturated rings. The van der Waals surface area contributed by atoms with Gasteiger partial charge in [-0.25, -0.2) is 0 Å². The SMILES string of the molecule is CCCNC(c1ccccc1)C(SC(C)CO)C(C)C. The van der Waals surface area contributed by atoms with E-state index in [2.05, 4.69) is 63.3 Å². The fourth-order valence-corrected chi connectivity index (χ4v) is 3.66. The minimum absolute atomic E-state index is 0.239. The van der Waals surface area contributed by atoms with Crippen LogP contribution in [0.25, 0.3) is 0 Å². The molecule has 1 aromatic rings. The van der Waals surface area contributed by atoms with E-state index in [1.54, 1.807) is 0 Å². The summed E-state index contributed by atoms with van der Waals surface area (Å²) in [5.41, 5.74) is 1.34. The van der Waals surface area contributed by atoms with E-state index < -0.39 is 0 Å². The van der Waals surface area contributed by atoms with E-state index >= 15 is 0 Å². The highest BCUT2D eigenvalue weighted by molar-refractivity contribution is 8.00. The number of benzene rings is 1. The van der Waals surface area contributed by atoms with Gasteiger partial charge in [-0.05, 0) is 24.4 Å². The van der Waals surface area contributed by atoms with Gasteiger partial charge in [0.2, 0.25) is 0 Å². The van der Waals surface area contributed by atoms with E-state index in [1.807, 2.05) is 11.8 Å². The Morgan fingerprint density at radius 1 is 1.15 bits per heavy atom. The Hall–Kier alpha value is -0.510. The molecule has 2 N–H and O–H groups in total. The van der Waals surface area contributed by atoms with Crippen LogP contribution in [0.5, 0.6) is 0 Å². The summed E-state index contributed by atoms with van der Waals surface area (Å²) in [6.07, 6.45) is 1.13. The minimum Gasteiger partial charge on any atom is -0.395 e. The highest BCUT2D eigenvalue weighted by atomic mass is 32.2. The van der Waals surface area contributed by atoms with Gasteiger partial charge in [0, 0.05) is 16.5 Å². The summed E-state index contributed by atoms with van der Waals surface area (Å²) in [6, 6.07) is 11.0. The van der Waals surface area contributed by atoms with E-state index in [0.29, 0.717) is 17.2 Å². The Morgan fingerprint density at radius 3 is 2.30 bits per heavy atom. The summed E-state index contributed by atoms with van der Waals surface area (Å²) in [5, 5.41) is 13.8. The van der Waals surface area contributed by atoms with Crippen molar-refractivity contribution in [1.29, 1.82) is 0 Å². The fraction of sp³-hybridized carbons (Fsp3) is 0.647. The van der Waals surface area contributed by atoms with Gasteiger partial charge in [0.25, 0.3) is 0 Å². The molecule has 2 nitrogen and oxygen atoms in total. The number of rotatable bonds is 9. The van der Waals surface area contributed by atoms with Crippen LogP contribution in [0.2, 0.25) is 0 Å².